The molecule has 1 heterocycles. The summed E-state index contributed by atoms with van der Waals surface area (Å²) in [5, 5.41) is 13.6. The molecule has 86 valence electrons. The molecule has 0 aliphatic heterocycles. The molecule has 3 heteroatoms. The molecule has 0 amide bonds. The van der Waals surface area contributed by atoms with Gasteiger partial charge in [0.05, 0.1) is 6.61 Å². The summed E-state index contributed by atoms with van der Waals surface area (Å²) in [7, 11) is 0. The maximum atomic E-state index is 8.98. The molecule has 1 aromatic heterocycles. The molecule has 16 heavy (non-hydrogen) atoms. The van der Waals surface area contributed by atoms with Crippen LogP contribution in [0.5, 0.6) is 0 Å². The van der Waals surface area contributed by atoms with Crippen LogP contribution >= 0.6 is 0 Å². The lowest BCUT2D eigenvalue weighted by Gasteiger charge is -2.06. The molecule has 0 saturated heterocycles. The molecule has 0 saturated carbocycles. The first-order chi connectivity index (χ1) is 7.86. The van der Waals surface area contributed by atoms with Crippen LogP contribution in [0, 0.1) is 0 Å². The maximum absolute atomic E-state index is 8.98. The van der Waals surface area contributed by atoms with E-state index in [0.29, 0.717) is 6.54 Å². The van der Waals surface area contributed by atoms with E-state index in [1.165, 1.54) is 16.5 Å². The third-order valence-corrected chi connectivity index (χ3v) is 2.81. The van der Waals surface area contributed by atoms with Gasteiger partial charge in [0.2, 0.25) is 0 Å². The van der Waals surface area contributed by atoms with Crippen LogP contribution in [0.25, 0.3) is 10.9 Å². The zero-order valence-corrected chi connectivity index (χ0v) is 9.61. The Morgan fingerprint density at radius 3 is 2.94 bits per heavy atom. The fraction of sp³-hybridized carbons (Fsp3) is 0.385. The standard InChI is InChI=1S/C13H18N2O/c1-2-14-10-11-4-3-5-13-12(11)6-7-15(13)8-9-16/h3-7,14,16H,2,8-10H2,1H3. The smallest absolute Gasteiger partial charge is 0.0610 e. The highest BCUT2D eigenvalue weighted by molar-refractivity contribution is 5.83. The Morgan fingerprint density at radius 1 is 1.31 bits per heavy atom. The van der Waals surface area contributed by atoms with Crippen molar-refractivity contribution in [3.8, 4) is 0 Å². The second kappa shape index (κ2) is 5.14. The SMILES string of the molecule is CCNCc1cccc2c1ccn2CCO. The summed E-state index contributed by atoms with van der Waals surface area (Å²) in [5.41, 5.74) is 2.51. The van der Waals surface area contributed by atoms with Gasteiger partial charge >= 0.3 is 0 Å². The van der Waals surface area contributed by atoms with E-state index in [-0.39, 0.29) is 6.61 Å². The second-order valence-electron chi connectivity index (χ2n) is 3.86. The molecule has 0 fully saturated rings. The maximum Gasteiger partial charge on any atom is 0.0610 e. The fourth-order valence-electron chi connectivity index (χ4n) is 2.00. The number of nitrogens with zero attached hydrogens (tertiary/aromatic N) is 1. The second-order valence-corrected chi connectivity index (χ2v) is 3.86. The first-order valence-electron chi connectivity index (χ1n) is 5.75. The van der Waals surface area contributed by atoms with E-state index in [2.05, 4.69) is 41.1 Å². The summed E-state index contributed by atoms with van der Waals surface area (Å²) in [4.78, 5) is 0. The fourth-order valence-corrected chi connectivity index (χ4v) is 2.00. The van der Waals surface area contributed by atoms with Crippen molar-refractivity contribution >= 4 is 10.9 Å². The Morgan fingerprint density at radius 2 is 2.19 bits per heavy atom. The first-order valence-corrected chi connectivity index (χ1v) is 5.75. The first kappa shape index (κ1) is 11.2. The Labute approximate surface area is 95.7 Å². The molecule has 0 unspecified atom stereocenters. The average molecular weight is 218 g/mol. The van der Waals surface area contributed by atoms with Gasteiger partial charge in [-0.3, -0.25) is 0 Å². The van der Waals surface area contributed by atoms with Crippen LogP contribution in [0.4, 0.5) is 0 Å². The third kappa shape index (κ3) is 2.10. The van der Waals surface area contributed by atoms with Crippen LogP contribution in [0.3, 0.4) is 0 Å². The normalized spacial score (nSPS) is 11.1. The summed E-state index contributed by atoms with van der Waals surface area (Å²) in [6.07, 6.45) is 2.04. The van der Waals surface area contributed by atoms with Gasteiger partial charge in [0.15, 0.2) is 0 Å². The molecule has 2 N–H and O–H groups in total. The molecule has 0 atom stereocenters. The van der Waals surface area contributed by atoms with Gasteiger partial charge in [-0.1, -0.05) is 19.1 Å². The van der Waals surface area contributed by atoms with Crippen molar-refractivity contribution < 1.29 is 5.11 Å². The van der Waals surface area contributed by atoms with E-state index in [1.54, 1.807) is 0 Å². The van der Waals surface area contributed by atoms with Gasteiger partial charge < -0.3 is 15.0 Å². The topological polar surface area (TPSA) is 37.2 Å². The zero-order valence-electron chi connectivity index (χ0n) is 9.61. The number of aromatic nitrogens is 1. The van der Waals surface area contributed by atoms with Gasteiger partial charge in [0, 0.05) is 30.2 Å². The van der Waals surface area contributed by atoms with Crippen LogP contribution in [-0.2, 0) is 13.1 Å². The number of rotatable bonds is 5. The molecule has 3 nitrogen and oxygen atoms in total. The van der Waals surface area contributed by atoms with Gasteiger partial charge in [-0.2, -0.15) is 0 Å². The minimum atomic E-state index is 0.182. The monoisotopic (exact) mass is 218 g/mol. The highest BCUT2D eigenvalue weighted by Gasteiger charge is 2.04. The summed E-state index contributed by atoms with van der Waals surface area (Å²) in [5.74, 6) is 0. The molecule has 2 rings (SSSR count). The molecule has 0 aliphatic carbocycles. The number of hydrogen-bond donors (Lipinski definition) is 2. The summed E-state index contributed by atoms with van der Waals surface area (Å²) < 4.78 is 2.09. The molecular weight excluding hydrogens is 200 g/mol. The van der Waals surface area contributed by atoms with Crippen LogP contribution < -0.4 is 5.32 Å². The summed E-state index contributed by atoms with van der Waals surface area (Å²) >= 11 is 0. The van der Waals surface area contributed by atoms with Gasteiger partial charge in [-0.25, -0.2) is 0 Å². The van der Waals surface area contributed by atoms with Crippen LogP contribution in [0.1, 0.15) is 12.5 Å². The van der Waals surface area contributed by atoms with Gasteiger partial charge in [-0.15, -0.1) is 0 Å². The molecule has 0 spiro atoms. The van der Waals surface area contributed by atoms with Gasteiger partial charge in [0.1, 0.15) is 0 Å². The van der Waals surface area contributed by atoms with Crippen molar-refractivity contribution in [3.05, 3.63) is 36.0 Å². The van der Waals surface area contributed by atoms with Crippen molar-refractivity contribution in [3.63, 3.8) is 0 Å². The lowest BCUT2D eigenvalue weighted by Crippen LogP contribution is -2.11. The van der Waals surface area contributed by atoms with E-state index in [9.17, 15) is 0 Å². The third-order valence-electron chi connectivity index (χ3n) is 2.81. The Bertz CT molecular complexity index is 462. The van der Waals surface area contributed by atoms with Crippen molar-refractivity contribution in [1.82, 2.24) is 9.88 Å². The van der Waals surface area contributed by atoms with Crippen LogP contribution in [0.2, 0.25) is 0 Å². The number of nitrogens with one attached hydrogen (secondary N) is 1. The van der Waals surface area contributed by atoms with Crippen molar-refractivity contribution in [1.29, 1.82) is 0 Å². The molecule has 1 aromatic carbocycles. The predicted octanol–water partition coefficient (Wildman–Crippen LogP) is 1.74. The minimum Gasteiger partial charge on any atom is -0.395 e. The van der Waals surface area contributed by atoms with E-state index >= 15 is 0 Å². The summed E-state index contributed by atoms with van der Waals surface area (Å²) in [6.45, 7) is 4.83. The molecular formula is C13H18N2O. The van der Waals surface area contributed by atoms with E-state index in [4.69, 9.17) is 5.11 Å². The zero-order chi connectivity index (χ0) is 11.4. The average Bonchev–Trinajstić information content (AvgIpc) is 2.71. The van der Waals surface area contributed by atoms with Gasteiger partial charge in [-0.05, 0) is 24.2 Å². The van der Waals surface area contributed by atoms with Crippen molar-refractivity contribution in [2.45, 2.75) is 20.0 Å². The Kier molecular flexibility index (Phi) is 3.59. The lowest BCUT2D eigenvalue weighted by molar-refractivity contribution is 0.278. The molecule has 0 radical (unpaired) electrons. The number of benzene rings is 1. The van der Waals surface area contributed by atoms with Crippen LogP contribution in [0.15, 0.2) is 30.5 Å². The number of hydrogen-bond acceptors (Lipinski definition) is 2. The largest absolute Gasteiger partial charge is 0.395 e. The Balaban J connectivity index is 2.36. The van der Waals surface area contributed by atoms with E-state index in [1.807, 2.05) is 6.20 Å². The molecule has 2 aromatic rings. The quantitative estimate of drug-likeness (QED) is 0.802. The van der Waals surface area contributed by atoms with Crippen molar-refractivity contribution in [2.24, 2.45) is 0 Å². The number of fused-ring (bicyclic) bond motifs is 1. The van der Waals surface area contributed by atoms with Crippen molar-refractivity contribution in [2.75, 3.05) is 13.2 Å². The van der Waals surface area contributed by atoms with E-state index < -0.39 is 0 Å². The molecule has 0 aliphatic rings. The summed E-state index contributed by atoms with van der Waals surface area (Å²) in [6, 6.07) is 8.44. The molecule has 0 bridgehead atoms. The number of aliphatic hydroxyl groups excluding tert-OH is 1. The number of aliphatic hydroxyl groups is 1. The predicted molar refractivity (Wildman–Crippen MR) is 66.4 cm³/mol. The van der Waals surface area contributed by atoms with E-state index in [0.717, 1.165) is 13.1 Å². The minimum absolute atomic E-state index is 0.182. The van der Waals surface area contributed by atoms with Crippen LogP contribution in [-0.4, -0.2) is 22.8 Å². The Hall–Kier alpha value is -1.32. The van der Waals surface area contributed by atoms with Gasteiger partial charge in [0.25, 0.3) is 0 Å². The highest BCUT2D eigenvalue weighted by atomic mass is 16.3. The highest BCUT2D eigenvalue weighted by Crippen LogP contribution is 2.20. The lowest BCUT2D eigenvalue weighted by atomic mass is 10.1.